The van der Waals surface area contributed by atoms with Crippen molar-refractivity contribution >= 4 is 37.3 Å². The molecule has 0 aliphatic rings. The summed E-state index contributed by atoms with van der Waals surface area (Å²) in [6, 6.07) is 9.97. The molecule has 0 spiro atoms. The van der Waals surface area contributed by atoms with Gasteiger partial charge < -0.3 is 5.73 Å². The van der Waals surface area contributed by atoms with Crippen LogP contribution in [0.5, 0.6) is 0 Å². The molecular formula is C14H15BrN2O2S. The first-order valence-corrected chi connectivity index (χ1v) is 8.22. The standard InChI is InChI=1S/C14H15BrN2O2S/c1-9-3-5-11(7-13(9)15)17-20(18,19)12-6-4-10(2)14(16)8-12/h3-8,17H,16H2,1-2H3. The average molecular weight is 355 g/mol. The number of halogens is 1. The summed E-state index contributed by atoms with van der Waals surface area (Å²) in [5.41, 5.74) is 8.60. The molecule has 0 atom stereocenters. The zero-order valence-electron chi connectivity index (χ0n) is 11.1. The van der Waals surface area contributed by atoms with E-state index in [1.165, 1.54) is 12.1 Å². The van der Waals surface area contributed by atoms with Crippen molar-refractivity contribution in [1.29, 1.82) is 0 Å². The van der Waals surface area contributed by atoms with Crippen LogP contribution in [0.25, 0.3) is 0 Å². The third-order valence-electron chi connectivity index (χ3n) is 2.99. The smallest absolute Gasteiger partial charge is 0.261 e. The van der Waals surface area contributed by atoms with E-state index in [-0.39, 0.29) is 4.90 Å². The molecular weight excluding hydrogens is 340 g/mol. The van der Waals surface area contributed by atoms with E-state index in [0.717, 1.165) is 15.6 Å². The topological polar surface area (TPSA) is 72.2 Å². The number of nitrogens with two attached hydrogens (primary N) is 1. The minimum atomic E-state index is -3.63. The molecule has 0 aliphatic heterocycles. The van der Waals surface area contributed by atoms with E-state index in [0.29, 0.717) is 11.4 Å². The summed E-state index contributed by atoms with van der Waals surface area (Å²) >= 11 is 3.38. The lowest BCUT2D eigenvalue weighted by Gasteiger charge is -2.10. The molecule has 0 amide bonds. The van der Waals surface area contributed by atoms with Crippen LogP contribution < -0.4 is 10.5 Å². The molecule has 0 aliphatic carbocycles. The average Bonchev–Trinajstić information content (AvgIpc) is 2.37. The van der Waals surface area contributed by atoms with Crippen molar-refractivity contribution in [1.82, 2.24) is 0 Å². The number of hydrogen-bond acceptors (Lipinski definition) is 3. The molecule has 0 saturated carbocycles. The highest BCUT2D eigenvalue weighted by Gasteiger charge is 2.15. The van der Waals surface area contributed by atoms with Crippen LogP contribution in [-0.4, -0.2) is 8.42 Å². The zero-order valence-corrected chi connectivity index (χ0v) is 13.5. The normalized spacial score (nSPS) is 11.3. The minimum Gasteiger partial charge on any atom is -0.398 e. The van der Waals surface area contributed by atoms with E-state index in [9.17, 15) is 8.42 Å². The van der Waals surface area contributed by atoms with Gasteiger partial charge in [0.05, 0.1) is 4.90 Å². The maximum atomic E-state index is 12.3. The fourth-order valence-corrected chi connectivity index (χ4v) is 3.12. The lowest BCUT2D eigenvalue weighted by molar-refractivity contribution is 0.601. The van der Waals surface area contributed by atoms with E-state index in [1.54, 1.807) is 18.2 Å². The maximum Gasteiger partial charge on any atom is 0.261 e. The van der Waals surface area contributed by atoms with Crippen molar-refractivity contribution in [3.05, 3.63) is 52.0 Å². The lowest BCUT2D eigenvalue weighted by Crippen LogP contribution is -2.13. The molecule has 106 valence electrons. The number of benzene rings is 2. The highest BCUT2D eigenvalue weighted by atomic mass is 79.9. The van der Waals surface area contributed by atoms with Gasteiger partial charge in [0.2, 0.25) is 0 Å². The molecule has 4 nitrogen and oxygen atoms in total. The molecule has 3 N–H and O–H groups in total. The largest absolute Gasteiger partial charge is 0.398 e. The number of rotatable bonds is 3. The Balaban J connectivity index is 2.35. The van der Waals surface area contributed by atoms with Crippen LogP contribution in [0.4, 0.5) is 11.4 Å². The monoisotopic (exact) mass is 354 g/mol. The second kappa shape index (κ2) is 5.46. The first kappa shape index (κ1) is 14.9. The van der Waals surface area contributed by atoms with Gasteiger partial charge in [-0.25, -0.2) is 8.42 Å². The van der Waals surface area contributed by atoms with Crippen molar-refractivity contribution in [2.75, 3.05) is 10.5 Å². The highest BCUT2D eigenvalue weighted by Crippen LogP contribution is 2.24. The van der Waals surface area contributed by atoms with E-state index in [2.05, 4.69) is 20.7 Å². The van der Waals surface area contributed by atoms with Gasteiger partial charge in [-0.15, -0.1) is 0 Å². The van der Waals surface area contributed by atoms with Gasteiger partial charge in [0.25, 0.3) is 10.0 Å². The van der Waals surface area contributed by atoms with Gasteiger partial charge in [-0.2, -0.15) is 0 Å². The van der Waals surface area contributed by atoms with E-state index < -0.39 is 10.0 Å². The van der Waals surface area contributed by atoms with Crippen molar-refractivity contribution in [2.45, 2.75) is 18.7 Å². The highest BCUT2D eigenvalue weighted by molar-refractivity contribution is 9.10. The van der Waals surface area contributed by atoms with Crippen molar-refractivity contribution in [3.8, 4) is 0 Å². The minimum absolute atomic E-state index is 0.150. The van der Waals surface area contributed by atoms with E-state index in [4.69, 9.17) is 5.73 Å². The van der Waals surface area contributed by atoms with Crippen LogP contribution in [0.2, 0.25) is 0 Å². The zero-order chi connectivity index (χ0) is 14.9. The SMILES string of the molecule is Cc1ccc(S(=O)(=O)Nc2ccc(C)c(Br)c2)cc1N. The molecule has 20 heavy (non-hydrogen) atoms. The van der Waals surface area contributed by atoms with Gasteiger partial charge in [-0.1, -0.05) is 28.1 Å². The molecule has 0 saturated heterocycles. The van der Waals surface area contributed by atoms with Crippen LogP contribution in [0, 0.1) is 13.8 Å². The summed E-state index contributed by atoms with van der Waals surface area (Å²) in [6.45, 7) is 3.76. The number of anilines is 2. The van der Waals surface area contributed by atoms with Crippen LogP contribution >= 0.6 is 15.9 Å². The summed E-state index contributed by atoms with van der Waals surface area (Å²) < 4.78 is 27.9. The fraction of sp³-hybridized carbons (Fsp3) is 0.143. The third-order valence-corrected chi connectivity index (χ3v) is 5.22. The lowest BCUT2D eigenvalue weighted by atomic mass is 10.2. The summed E-state index contributed by atoms with van der Waals surface area (Å²) in [5.74, 6) is 0. The molecule has 0 radical (unpaired) electrons. The Labute approximate surface area is 127 Å². The van der Waals surface area contributed by atoms with E-state index >= 15 is 0 Å². The molecule has 0 heterocycles. The van der Waals surface area contributed by atoms with Crippen molar-refractivity contribution in [2.24, 2.45) is 0 Å². The molecule has 2 aromatic rings. The second-order valence-corrected chi connectivity index (χ2v) is 7.12. The Morgan fingerprint density at radius 2 is 1.70 bits per heavy atom. The van der Waals surface area contributed by atoms with Crippen LogP contribution in [0.3, 0.4) is 0 Å². The first-order valence-electron chi connectivity index (χ1n) is 5.95. The quantitative estimate of drug-likeness (QED) is 0.829. The number of nitrogen functional groups attached to an aromatic ring is 1. The van der Waals surface area contributed by atoms with Crippen molar-refractivity contribution in [3.63, 3.8) is 0 Å². The van der Waals surface area contributed by atoms with Gasteiger partial charge in [0.1, 0.15) is 0 Å². The predicted octanol–water partition coefficient (Wildman–Crippen LogP) is 3.45. The number of sulfonamides is 1. The fourth-order valence-electron chi connectivity index (χ4n) is 1.66. The second-order valence-electron chi connectivity index (χ2n) is 4.59. The third kappa shape index (κ3) is 3.13. The number of hydrogen-bond donors (Lipinski definition) is 2. The Kier molecular flexibility index (Phi) is 4.06. The number of nitrogens with one attached hydrogen (secondary N) is 1. The van der Waals surface area contributed by atoms with Crippen LogP contribution in [0.15, 0.2) is 45.8 Å². The van der Waals surface area contributed by atoms with Gasteiger partial charge in [-0.3, -0.25) is 4.72 Å². The summed E-state index contributed by atoms with van der Waals surface area (Å²) in [6.07, 6.45) is 0. The Hall–Kier alpha value is -1.53. The summed E-state index contributed by atoms with van der Waals surface area (Å²) in [4.78, 5) is 0.150. The molecule has 0 unspecified atom stereocenters. The molecule has 2 rings (SSSR count). The van der Waals surface area contributed by atoms with E-state index in [1.807, 2.05) is 19.9 Å². The van der Waals surface area contributed by atoms with Crippen LogP contribution in [0.1, 0.15) is 11.1 Å². The summed E-state index contributed by atoms with van der Waals surface area (Å²) in [7, 11) is -3.63. The van der Waals surface area contributed by atoms with Gasteiger partial charge in [0.15, 0.2) is 0 Å². The summed E-state index contributed by atoms with van der Waals surface area (Å²) in [5, 5.41) is 0. The number of aryl methyl sites for hydroxylation is 2. The maximum absolute atomic E-state index is 12.3. The Bertz CT molecular complexity index is 758. The Morgan fingerprint density at radius 1 is 1.05 bits per heavy atom. The van der Waals surface area contributed by atoms with Gasteiger partial charge >= 0.3 is 0 Å². The Morgan fingerprint density at radius 3 is 2.30 bits per heavy atom. The molecule has 0 bridgehead atoms. The van der Waals surface area contributed by atoms with Gasteiger partial charge in [-0.05, 0) is 49.2 Å². The molecule has 0 fully saturated rings. The van der Waals surface area contributed by atoms with Gasteiger partial charge in [0, 0.05) is 15.8 Å². The van der Waals surface area contributed by atoms with Crippen molar-refractivity contribution < 1.29 is 8.42 Å². The molecule has 6 heteroatoms. The first-order chi connectivity index (χ1) is 9.29. The molecule has 2 aromatic carbocycles. The predicted molar refractivity (Wildman–Crippen MR) is 85.3 cm³/mol. The van der Waals surface area contributed by atoms with Crippen LogP contribution in [-0.2, 0) is 10.0 Å². The molecule has 0 aromatic heterocycles.